The summed E-state index contributed by atoms with van der Waals surface area (Å²) in [4.78, 5) is 14.3. The van der Waals surface area contributed by atoms with E-state index in [9.17, 15) is 4.79 Å². The van der Waals surface area contributed by atoms with Crippen molar-refractivity contribution in [3.8, 4) is 0 Å². The number of nitrogens with one attached hydrogen (secondary N) is 1. The Balaban J connectivity index is 0.00000120. The highest BCUT2D eigenvalue weighted by Crippen LogP contribution is 2.22. The van der Waals surface area contributed by atoms with Crippen LogP contribution in [0.4, 0.5) is 0 Å². The molecule has 3 atom stereocenters. The number of carbonyl (C=O) groups excluding carboxylic acids is 1. The van der Waals surface area contributed by atoms with Gasteiger partial charge in [0, 0.05) is 31.8 Å². The summed E-state index contributed by atoms with van der Waals surface area (Å²) in [6.07, 6.45) is 6.60. The highest BCUT2D eigenvalue weighted by Gasteiger charge is 2.32. The van der Waals surface area contributed by atoms with Crippen LogP contribution in [0.2, 0.25) is 0 Å². The summed E-state index contributed by atoms with van der Waals surface area (Å²) >= 11 is 0. The second-order valence-corrected chi connectivity index (χ2v) is 5.61. The van der Waals surface area contributed by atoms with Crippen molar-refractivity contribution in [3.63, 3.8) is 0 Å². The molecule has 4 nitrogen and oxygen atoms in total. The van der Waals surface area contributed by atoms with Gasteiger partial charge in [-0.15, -0.1) is 12.4 Å². The summed E-state index contributed by atoms with van der Waals surface area (Å²) in [6.45, 7) is 2.67. The maximum Gasteiger partial charge on any atom is 0.225 e. The first-order chi connectivity index (χ1) is 8.31. The van der Waals surface area contributed by atoms with E-state index >= 15 is 0 Å². The molecule has 3 fully saturated rings. The average Bonchev–Trinajstić information content (AvgIpc) is 2.88. The quantitative estimate of drug-likeness (QED) is 0.826. The molecule has 0 aromatic heterocycles. The van der Waals surface area contributed by atoms with E-state index in [1.165, 1.54) is 12.8 Å². The van der Waals surface area contributed by atoms with Crippen LogP contribution in [-0.4, -0.2) is 48.7 Å². The maximum absolute atomic E-state index is 12.2. The van der Waals surface area contributed by atoms with Crippen LogP contribution in [0.25, 0.3) is 0 Å². The summed E-state index contributed by atoms with van der Waals surface area (Å²) in [6, 6.07) is 1.19. The van der Waals surface area contributed by atoms with Gasteiger partial charge < -0.3 is 15.0 Å². The van der Waals surface area contributed by atoms with E-state index in [1.807, 2.05) is 0 Å². The van der Waals surface area contributed by atoms with Gasteiger partial charge in [0.25, 0.3) is 0 Å². The molecule has 1 N–H and O–H groups in total. The number of ether oxygens (including phenoxy) is 1. The van der Waals surface area contributed by atoms with Gasteiger partial charge in [-0.2, -0.15) is 0 Å². The molecule has 3 rings (SSSR count). The predicted molar refractivity (Wildman–Crippen MR) is 72.0 cm³/mol. The minimum absolute atomic E-state index is 0. The van der Waals surface area contributed by atoms with Gasteiger partial charge in [-0.3, -0.25) is 4.79 Å². The molecule has 1 amide bonds. The van der Waals surface area contributed by atoms with E-state index in [2.05, 4.69) is 10.2 Å². The summed E-state index contributed by atoms with van der Waals surface area (Å²) in [5, 5.41) is 3.61. The summed E-state index contributed by atoms with van der Waals surface area (Å²) in [5.74, 6) is 0.297. The number of likely N-dealkylation sites (tertiary alicyclic amines) is 1. The highest BCUT2D eigenvalue weighted by atomic mass is 35.5. The van der Waals surface area contributed by atoms with Crippen molar-refractivity contribution in [1.82, 2.24) is 10.2 Å². The molecule has 18 heavy (non-hydrogen) atoms. The lowest BCUT2D eigenvalue weighted by Crippen LogP contribution is -2.40. The van der Waals surface area contributed by atoms with E-state index in [4.69, 9.17) is 4.74 Å². The third-order valence-corrected chi connectivity index (χ3v) is 4.30. The highest BCUT2D eigenvalue weighted by molar-refractivity contribution is 5.85. The molecule has 0 spiro atoms. The molecule has 3 aliphatic rings. The molecule has 0 aromatic carbocycles. The molecule has 3 heterocycles. The van der Waals surface area contributed by atoms with Crippen molar-refractivity contribution in [2.45, 2.75) is 56.7 Å². The Bertz CT molecular complexity index is 295. The van der Waals surface area contributed by atoms with Crippen molar-refractivity contribution in [2.24, 2.45) is 0 Å². The lowest BCUT2D eigenvalue weighted by molar-refractivity contribution is -0.133. The molecule has 104 valence electrons. The fraction of sp³-hybridized carbons (Fsp3) is 0.923. The van der Waals surface area contributed by atoms with Gasteiger partial charge in [-0.1, -0.05) is 0 Å². The molecule has 0 aliphatic carbocycles. The Morgan fingerprint density at radius 1 is 1.22 bits per heavy atom. The van der Waals surface area contributed by atoms with Crippen molar-refractivity contribution in [3.05, 3.63) is 0 Å². The average molecular weight is 275 g/mol. The Labute approximate surface area is 115 Å². The topological polar surface area (TPSA) is 41.6 Å². The normalized spacial score (nSPS) is 35.1. The van der Waals surface area contributed by atoms with Crippen LogP contribution in [0.3, 0.4) is 0 Å². The molecule has 3 saturated heterocycles. The van der Waals surface area contributed by atoms with Gasteiger partial charge in [0.1, 0.15) is 0 Å². The van der Waals surface area contributed by atoms with Crippen LogP contribution >= 0.6 is 12.4 Å². The van der Waals surface area contributed by atoms with Crippen LogP contribution in [0.5, 0.6) is 0 Å². The summed E-state index contributed by atoms with van der Waals surface area (Å²) < 4.78 is 5.54. The molecule has 3 aliphatic heterocycles. The number of rotatable bonds is 2. The number of nitrogens with zero attached hydrogens (tertiary/aromatic N) is 1. The largest absolute Gasteiger partial charge is 0.378 e. The van der Waals surface area contributed by atoms with Gasteiger partial charge >= 0.3 is 0 Å². The van der Waals surface area contributed by atoms with Crippen molar-refractivity contribution >= 4 is 18.3 Å². The number of hydrogen-bond donors (Lipinski definition) is 1. The van der Waals surface area contributed by atoms with Gasteiger partial charge in [-0.25, -0.2) is 0 Å². The molecule has 0 radical (unpaired) electrons. The second-order valence-electron chi connectivity index (χ2n) is 5.61. The lowest BCUT2D eigenvalue weighted by atomic mass is 10.1. The summed E-state index contributed by atoms with van der Waals surface area (Å²) in [7, 11) is 0. The van der Waals surface area contributed by atoms with Crippen LogP contribution in [0.15, 0.2) is 0 Å². The Morgan fingerprint density at radius 2 is 2.06 bits per heavy atom. The van der Waals surface area contributed by atoms with E-state index in [0.29, 0.717) is 24.4 Å². The van der Waals surface area contributed by atoms with Crippen LogP contribution < -0.4 is 5.32 Å². The van der Waals surface area contributed by atoms with E-state index in [0.717, 1.165) is 39.0 Å². The van der Waals surface area contributed by atoms with Crippen LogP contribution in [0, 0.1) is 0 Å². The smallest absolute Gasteiger partial charge is 0.225 e. The Morgan fingerprint density at radius 3 is 2.83 bits per heavy atom. The molecule has 5 heteroatoms. The molecule has 2 bridgehead atoms. The Kier molecular flexibility index (Phi) is 4.87. The first-order valence-corrected chi connectivity index (χ1v) is 6.96. The maximum atomic E-state index is 12.2. The van der Waals surface area contributed by atoms with Crippen molar-refractivity contribution in [2.75, 3.05) is 19.7 Å². The number of amides is 1. The Hall–Kier alpha value is -0.320. The minimum atomic E-state index is 0. The van der Waals surface area contributed by atoms with Gasteiger partial charge in [0.05, 0.1) is 12.5 Å². The predicted octanol–water partition coefficient (Wildman–Crippen LogP) is 1.33. The molecular formula is C13H23ClN2O2. The summed E-state index contributed by atoms with van der Waals surface area (Å²) in [5.41, 5.74) is 0. The first-order valence-electron chi connectivity index (χ1n) is 6.96. The van der Waals surface area contributed by atoms with E-state index in [1.54, 1.807) is 0 Å². The van der Waals surface area contributed by atoms with Gasteiger partial charge in [0.2, 0.25) is 5.91 Å². The third-order valence-electron chi connectivity index (χ3n) is 4.30. The van der Waals surface area contributed by atoms with Crippen molar-refractivity contribution < 1.29 is 9.53 Å². The minimum Gasteiger partial charge on any atom is -0.378 e. The molecular weight excluding hydrogens is 252 g/mol. The fourth-order valence-corrected chi connectivity index (χ4v) is 3.30. The van der Waals surface area contributed by atoms with E-state index < -0.39 is 0 Å². The number of carbonyl (C=O) groups is 1. The third kappa shape index (κ3) is 3.16. The monoisotopic (exact) mass is 274 g/mol. The SMILES string of the molecule is Cl.O=C(CC1CCCO1)N1CCC2CCC(C1)N2. The first kappa shape index (κ1) is 14.1. The van der Waals surface area contributed by atoms with Crippen molar-refractivity contribution in [1.29, 1.82) is 0 Å². The fourth-order valence-electron chi connectivity index (χ4n) is 3.30. The molecule has 0 saturated carbocycles. The van der Waals surface area contributed by atoms with Crippen LogP contribution in [0.1, 0.15) is 38.5 Å². The van der Waals surface area contributed by atoms with E-state index in [-0.39, 0.29) is 18.5 Å². The number of fused-ring (bicyclic) bond motifs is 2. The number of hydrogen-bond acceptors (Lipinski definition) is 3. The van der Waals surface area contributed by atoms with Crippen LogP contribution in [-0.2, 0) is 9.53 Å². The molecule has 3 unspecified atom stereocenters. The zero-order valence-electron chi connectivity index (χ0n) is 10.8. The van der Waals surface area contributed by atoms with Gasteiger partial charge in [-0.05, 0) is 32.1 Å². The lowest BCUT2D eigenvalue weighted by Gasteiger charge is -2.25. The zero-order chi connectivity index (χ0) is 11.7. The molecule has 0 aromatic rings. The second kappa shape index (κ2) is 6.22. The number of halogens is 1. The van der Waals surface area contributed by atoms with Gasteiger partial charge in [0.15, 0.2) is 0 Å². The standard InChI is InChI=1S/C13H22N2O2.ClH/c16-13(8-12-2-1-7-17-12)15-6-5-10-3-4-11(9-15)14-10;/h10-12,14H,1-9H2;1H. The zero-order valence-corrected chi connectivity index (χ0v) is 11.6.